The first-order chi connectivity index (χ1) is 17.4. The van der Waals surface area contributed by atoms with Crippen molar-refractivity contribution in [2.75, 3.05) is 32.1 Å². The van der Waals surface area contributed by atoms with E-state index >= 15 is 8.78 Å². The number of nitrogens with one attached hydrogen (secondary N) is 1. The van der Waals surface area contributed by atoms with Crippen molar-refractivity contribution in [2.24, 2.45) is 0 Å². The van der Waals surface area contributed by atoms with Crippen LogP contribution in [0.2, 0.25) is 0 Å². The zero-order valence-electron chi connectivity index (χ0n) is 21.2. The molecular formula is C26H30F2N4O5. The van der Waals surface area contributed by atoms with E-state index in [0.29, 0.717) is 24.5 Å². The molecule has 1 aliphatic rings. The Morgan fingerprint density at radius 2 is 1.97 bits per heavy atom. The monoisotopic (exact) mass is 516 g/mol. The number of carbonyl (C=O) groups is 2. The van der Waals surface area contributed by atoms with Gasteiger partial charge in [-0.05, 0) is 50.6 Å². The highest BCUT2D eigenvalue weighted by molar-refractivity contribution is 5.91. The number of ether oxygens (including phenoxy) is 2. The van der Waals surface area contributed by atoms with E-state index in [0.717, 1.165) is 17.7 Å². The molecule has 0 bridgehead atoms. The van der Waals surface area contributed by atoms with E-state index in [1.165, 1.54) is 25.9 Å². The average Bonchev–Trinajstić information content (AvgIpc) is 3.13. The van der Waals surface area contributed by atoms with Crippen LogP contribution in [0.4, 0.5) is 19.3 Å². The second kappa shape index (κ2) is 10.4. The normalized spacial score (nSPS) is 16.2. The summed E-state index contributed by atoms with van der Waals surface area (Å²) in [5.41, 5.74) is 0.377. The summed E-state index contributed by atoms with van der Waals surface area (Å²) in [4.78, 5) is 30.2. The van der Waals surface area contributed by atoms with Gasteiger partial charge in [0.05, 0.1) is 55.3 Å². The molecule has 11 heteroatoms. The van der Waals surface area contributed by atoms with Crippen LogP contribution in [0.3, 0.4) is 0 Å². The van der Waals surface area contributed by atoms with Gasteiger partial charge < -0.3 is 29.2 Å². The van der Waals surface area contributed by atoms with Crippen molar-refractivity contribution in [1.29, 1.82) is 0 Å². The lowest BCUT2D eigenvalue weighted by Gasteiger charge is -2.32. The maximum Gasteiger partial charge on any atom is 0.409 e. The van der Waals surface area contributed by atoms with Gasteiger partial charge in [-0.15, -0.1) is 0 Å². The number of halogens is 2. The number of imidazole rings is 1. The molecule has 9 nitrogen and oxygen atoms in total. The van der Waals surface area contributed by atoms with Gasteiger partial charge in [0.15, 0.2) is 0 Å². The summed E-state index contributed by atoms with van der Waals surface area (Å²) in [6.45, 7) is 5.74. The number of carbonyl (C=O) groups excluding carboxylic acids is 2. The third kappa shape index (κ3) is 6.05. The Labute approximate surface area is 213 Å². The first kappa shape index (κ1) is 26.5. The van der Waals surface area contributed by atoms with Gasteiger partial charge in [-0.25, -0.2) is 18.6 Å². The number of aryl methyl sites for hydroxylation is 1. The summed E-state index contributed by atoms with van der Waals surface area (Å²) >= 11 is 0. The van der Waals surface area contributed by atoms with E-state index in [-0.39, 0.29) is 36.3 Å². The van der Waals surface area contributed by atoms with Crippen LogP contribution in [-0.2, 0) is 20.7 Å². The molecule has 198 valence electrons. The predicted molar refractivity (Wildman–Crippen MR) is 132 cm³/mol. The van der Waals surface area contributed by atoms with Crippen molar-refractivity contribution in [3.63, 3.8) is 0 Å². The fourth-order valence-corrected chi connectivity index (χ4v) is 4.42. The molecule has 0 spiro atoms. The largest absolute Gasteiger partial charge is 0.453 e. The molecule has 0 unspecified atom stereocenters. The van der Waals surface area contributed by atoms with E-state index in [9.17, 15) is 14.7 Å². The second-order valence-corrected chi connectivity index (χ2v) is 9.80. The molecule has 2 amide bonds. The van der Waals surface area contributed by atoms with Crippen molar-refractivity contribution in [2.45, 2.75) is 45.3 Å². The zero-order valence-corrected chi connectivity index (χ0v) is 21.2. The van der Waals surface area contributed by atoms with Crippen LogP contribution in [0.5, 0.6) is 0 Å². The van der Waals surface area contributed by atoms with Crippen LogP contribution >= 0.6 is 0 Å². The summed E-state index contributed by atoms with van der Waals surface area (Å²) in [6, 6.07) is 5.71. The van der Waals surface area contributed by atoms with Gasteiger partial charge in [-0.3, -0.25) is 4.79 Å². The fraction of sp³-hybridized carbons (Fsp3) is 0.423. The SMILES string of the molecule is COC(=O)N1CCO[C@@H](Cc2c(-c3c(F)cc(NC(=O)CC(C)(C)O)cc3F)nc3cc(C)ccn23)C1. The van der Waals surface area contributed by atoms with Crippen molar-refractivity contribution in [3.8, 4) is 11.3 Å². The Balaban J connectivity index is 1.71. The zero-order chi connectivity index (χ0) is 26.9. The number of hydrogen-bond donors (Lipinski definition) is 2. The van der Waals surface area contributed by atoms with Gasteiger partial charge in [0, 0.05) is 24.8 Å². The van der Waals surface area contributed by atoms with E-state index < -0.39 is 35.3 Å². The summed E-state index contributed by atoms with van der Waals surface area (Å²) in [7, 11) is 1.31. The number of benzene rings is 1. The highest BCUT2D eigenvalue weighted by Crippen LogP contribution is 2.33. The summed E-state index contributed by atoms with van der Waals surface area (Å²) < 4.78 is 43.2. The van der Waals surface area contributed by atoms with Crippen LogP contribution in [0.15, 0.2) is 30.5 Å². The standard InChI is InChI=1S/C26H30F2N4O5/c1-15-5-6-32-20(12-17-14-31(7-8-37-17)25(34)36-4)24(30-21(32)9-15)23-18(27)10-16(11-19(23)28)29-22(33)13-26(2,3)35/h5-6,9-11,17,35H,7-8,12-14H2,1-4H3,(H,29,33)/t17-/m0/s1. The number of nitrogens with zero attached hydrogens (tertiary/aromatic N) is 3. The molecule has 3 heterocycles. The van der Waals surface area contributed by atoms with Gasteiger partial charge in [-0.2, -0.15) is 0 Å². The number of methoxy groups -OCH3 is 1. The Bertz CT molecular complexity index is 1310. The molecule has 0 aliphatic carbocycles. The summed E-state index contributed by atoms with van der Waals surface area (Å²) in [5.74, 6) is -2.38. The van der Waals surface area contributed by atoms with Crippen LogP contribution in [0.25, 0.3) is 16.9 Å². The maximum absolute atomic E-state index is 15.4. The summed E-state index contributed by atoms with van der Waals surface area (Å²) in [5, 5.41) is 12.2. The molecule has 0 radical (unpaired) electrons. The fourth-order valence-electron chi connectivity index (χ4n) is 4.42. The number of amides is 2. The summed E-state index contributed by atoms with van der Waals surface area (Å²) in [6.07, 6.45) is 0.854. The number of aromatic nitrogens is 2. The van der Waals surface area contributed by atoms with Gasteiger partial charge >= 0.3 is 6.09 Å². The van der Waals surface area contributed by atoms with E-state index in [1.54, 1.807) is 16.7 Å². The number of pyridine rings is 1. The van der Waals surface area contributed by atoms with Gasteiger partial charge in [-0.1, -0.05) is 0 Å². The van der Waals surface area contributed by atoms with E-state index in [4.69, 9.17) is 9.47 Å². The minimum atomic E-state index is -1.27. The number of morpholine rings is 1. The molecular weight excluding hydrogens is 486 g/mol. The first-order valence-electron chi connectivity index (χ1n) is 11.9. The van der Waals surface area contributed by atoms with Crippen molar-refractivity contribution < 1.29 is 33.0 Å². The minimum absolute atomic E-state index is 0.0708. The third-order valence-corrected chi connectivity index (χ3v) is 6.03. The smallest absolute Gasteiger partial charge is 0.409 e. The molecule has 2 aromatic heterocycles. The lowest BCUT2D eigenvalue weighted by atomic mass is 10.0. The Kier molecular flexibility index (Phi) is 7.47. The quantitative estimate of drug-likeness (QED) is 0.518. The van der Waals surface area contributed by atoms with E-state index in [1.807, 2.05) is 13.0 Å². The molecule has 4 rings (SSSR count). The number of anilines is 1. The lowest BCUT2D eigenvalue weighted by Crippen LogP contribution is -2.46. The van der Waals surface area contributed by atoms with Crippen molar-refractivity contribution >= 4 is 23.3 Å². The highest BCUT2D eigenvalue weighted by Gasteiger charge is 2.29. The molecule has 1 aromatic carbocycles. The maximum atomic E-state index is 15.4. The Morgan fingerprint density at radius 3 is 2.62 bits per heavy atom. The number of hydrogen-bond acceptors (Lipinski definition) is 6. The molecule has 1 atom stereocenters. The first-order valence-corrected chi connectivity index (χ1v) is 11.9. The van der Waals surface area contributed by atoms with Crippen LogP contribution in [-0.4, -0.2) is 69.9 Å². The van der Waals surface area contributed by atoms with Crippen molar-refractivity contribution in [1.82, 2.24) is 14.3 Å². The topological polar surface area (TPSA) is 105 Å². The van der Waals surface area contributed by atoms with Crippen molar-refractivity contribution in [3.05, 3.63) is 53.4 Å². The van der Waals surface area contributed by atoms with Crippen LogP contribution < -0.4 is 5.32 Å². The van der Waals surface area contributed by atoms with Gasteiger partial charge in [0.25, 0.3) is 0 Å². The Morgan fingerprint density at radius 1 is 1.27 bits per heavy atom. The van der Waals surface area contributed by atoms with Crippen LogP contribution in [0.1, 0.15) is 31.5 Å². The molecule has 1 fully saturated rings. The molecule has 3 aromatic rings. The second-order valence-electron chi connectivity index (χ2n) is 9.80. The van der Waals surface area contributed by atoms with E-state index in [2.05, 4.69) is 10.3 Å². The Hall–Kier alpha value is -3.57. The highest BCUT2D eigenvalue weighted by atomic mass is 19.1. The molecule has 2 N–H and O–H groups in total. The van der Waals surface area contributed by atoms with Crippen LogP contribution in [0, 0.1) is 18.6 Å². The third-order valence-electron chi connectivity index (χ3n) is 6.03. The molecule has 0 saturated carbocycles. The number of aliphatic hydroxyl groups is 1. The average molecular weight is 517 g/mol. The lowest BCUT2D eigenvalue weighted by molar-refractivity contribution is -0.119. The van der Waals surface area contributed by atoms with Gasteiger partial charge in [0.2, 0.25) is 5.91 Å². The molecule has 1 saturated heterocycles. The predicted octanol–water partition coefficient (Wildman–Crippen LogP) is 3.70. The molecule has 37 heavy (non-hydrogen) atoms. The number of rotatable bonds is 6. The van der Waals surface area contributed by atoms with Gasteiger partial charge in [0.1, 0.15) is 17.3 Å². The molecule has 1 aliphatic heterocycles. The minimum Gasteiger partial charge on any atom is -0.453 e. The number of fused-ring (bicyclic) bond motifs is 1.